The first-order valence-corrected chi connectivity index (χ1v) is 17.6. The molecular formula is C35H41N5O5S2. The number of thioether (sulfide) groups is 1. The highest BCUT2D eigenvalue weighted by Gasteiger charge is 2.32. The van der Waals surface area contributed by atoms with Gasteiger partial charge in [-0.3, -0.25) is 9.59 Å². The number of carbonyl (C=O) groups excluding carboxylic acids is 2. The van der Waals surface area contributed by atoms with Crippen LogP contribution >= 0.6 is 23.1 Å². The molecule has 5 rings (SSSR count). The molecule has 4 aromatic rings. The van der Waals surface area contributed by atoms with Crippen molar-refractivity contribution < 1.29 is 24.2 Å². The number of hydrogen-bond acceptors (Lipinski definition) is 10. The van der Waals surface area contributed by atoms with Crippen molar-refractivity contribution in [1.29, 1.82) is 0 Å². The van der Waals surface area contributed by atoms with Gasteiger partial charge in [0.25, 0.3) is 0 Å². The number of hydrogen-bond donors (Lipinski definition) is 4. The Morgan fingerprint density at radius 3 is 2.36 bits per heavy atom. The minimum absolute atomic E-state index is 0.0131. The van der Waals surface area contributed by atoms with Gasteiger partial charge in [-0.1, -0.05) is 84.5 Å². The smallest absolute Gasteiger partial charge is 0.224 e. The molecule has 0 saturated carbocycles. The molecule has 0 bridgehead atoms. The van der Waals surface area contributed by atoms with Crippen LogP contribution < -0.4 is 16.4 Å². The molecular weight excluding hydrogens is 635 g/mol. The second-order valence-corrected chi connectivity index (χ2v) is 13.9. The normalized spacial score (nSPS) is 17.7. The quantitative estimate of drug-likeness (QED) is 0.0584. The maximum absolute atomic E-state index is 12.8. The van der Waals surface area contributed by atoms with Gasteiger partial charge in [-0.2, -0.15) is 0 Å². The van der Waals surface area contributed by atoms with Crippen LogP contribution in [0, 0.1) is 6.92 Å². The monoisotopic (exact) mass is 675 g/mol. The average Bonchev–Trinajstić information content (AvgIpc) is 3.51. The Kier molecular flexibility index (Phi) is 12.8. The van der Waals surface area contributed by atoms with Crippen molar-refractivity contribution in [3.63, 3.8) is 0 Å². The van der Waals surface area contributed by atoms with Crippen LogP contribution in [0.4, 0.5) is 17.1 Å². The summed E-state index contributed by atoms with van der Waals surface area (Å²) < 4.78 is 13.8. The number of aryl methyl sites for hydroxylation is 1. The Bertz CT molecular complexity index is 1620. The molecule has 47 heavy (non-hydrogen) atoms. The van der Waals surface area contributed by atoms with Crippen molar-refractivity contribution in [1.82, 2.24) is 10.2 Å². The molecule has 1 saturated heterocycles. The van der Waals surface area contributed by atoms with Gasteiger partial charge in [-0.15, -0.1) is 10.2 Å². The van der Waals surface area contributed by atoms with E-state index >= 15 is 0 Å². The van der Waals surface area contributed by atoms with Crippen molar-refractivity contribution in [2.75, 3.05) is 22.1 Å². The number of nitrogens with two attached hydrogens (primary N) is 1. The highest BCUT2D eigenvalue weighted by Crippen LogP contribution is 2.40. The maximum Gasteiger partial charge on any atom is 0.224 e. The topological polar surface area (TPSA) is 149 Å². The third kappa shape index (κ3) is 10.6. The standard InChI is InChI=1S/C35H41N5O5S2/c1-23-39-40-35(47-23)46-22-28-20-31(25-17-15-24(21-41)16-18-25)45-34(44-28)26-9-8-10-27(19-26)37-32(42)13-4-2-3-5-14-33(43)38-30-12-7-6-11-29(30)36/h6-12,15-19,28,31,34,41H,2-5,13-14,20-22,36H2,1H3,(H,37,42)(H,38,43)/t28-,31+,34+/m0/s1. The summed E-state index contributed by atoms with van der Waals surface area (Å²) in [7, 11) is 0. The SMILES string of the molecule is Cc1nnc(SC[C@@H]2C[C@H](c3ccc(CO)cc3)O[C@H](c3cccc(NC(=O)CCCCCCC(=O)Nc4ccccc4N)c3)O2)s1. The number of unbranched alkanes of at least 4 members (excludes halogenated alkanes) is 3. The molecule has 3 atom stereocenters. The van der Waals surface area contributed by atoms with E-state index in [9.17, 15) is 14.7 Å². The van der Waals surface area contributed by atoms with Gasteiger partial charge >= 0.3 is 0 Å². The lowest BCUT2D eigenvalue weighted by Gasteiger charge is -2.36. The molecule has 10 nitrogen and oxygen atoms in total. The predicted molar refractivity (Wildman–Crippen MR) is 186 cm³/mol. The highest BCUT2D eigenvalue weighted by molar-refractivity contribution is 8.01. The van der Waals surface area contributed by atoms with Crippen molar-refractivity contribution in [2.45, 2.75) is 81.3 Å². The number of aliphatic hydroxyl groups is 1. The van der Waals surface area contributed by atoms with E-state index in [1.807, 2.05) is 67.6 Å². The van der Waals surface area contributed by atoms with Gasteiger partial charge in [0.1, 0.15) is 5.01 Å². The number of para-hydroxylation sites is 2. The third-order valence-electron chi connectivity index (χ3n) is 7.75. The first kappa shape index (κ1) is 34.5. The van der Waals surface area contributed by atoms with Gasteiger partial charge in [0.05, 0.1) is 30.2 Å². The zero-order chi connectivity index (χ0) is 33.0. The van der Waals surface area contributed by atoms with Crippen LogP contribution in [0.1, 0.15) is 79.0 Å². The summed E-state index contributed by atoms with van der Waals surface area (Å²) in [6, 6.07) is 22.6. The fraction of sp³-hybridized carbons (Fsp3) is 0.371. The molecule has 0 aliphatic carbocycles. The summed E-state index contributed by atoms with van der Waals surface area (Å²) in [5, 5.41) is 24.6. The number of rotatable bonds is 15. The van der Waals surface area contributed by atoms with Crippen LogP contribution in [0.25, 0.3) is 0 Å². The summed E-state index contributed by atoms with van der Waals surface area (Å²) in [5.74, 6) is 0.574. The molecule has 0 unspecified atom stereocenters. The van der Waals surface area contributed by atoms with E-state index in [1.54, 1.807) is 35.2 Å². The molecule has 1 aliphatic heterocycles. The highest BCUT2D eigenvalue weighted by atomic mass is 32.2. The Morgan fingerprint density at radius 2 is 1.66 bits per heavy atom. The van der Waals surface area contributed by atoms with Crippen molar-refractivity contribution in [3.05, 3.63) is 94.5 Å². The molecule has 1 aliphatic rings. The summed E-state index contributed by atoms with van der Waals surface area (Å²) in [4.78, 5) is 25.0. The van der Waals surface area contributed by atoms with E-state index in [4.69, 9.17) is 15.2 Å². The lowest BCUT2D eigenvalue weighted by molar-refractivity contribution is -0.245. The van der Waals surface area contributed by atoms with E-state index in [1.165, 1.54) is 0 Å². The molecule has 2 heterocycles. The molecule has 3 aromatic carbocycles. The van der Waals surface area contributed by atoms with E-state index in [2.05, 4.69) is 20.8 Å². The Balaban J connectivity index is 1.11. The molecule has 248 valence electrons. The summed E-state index contributed by atoms with van der Waals surface area (Å²) >= 11 is 3.19. The summed E-state index contributed by atoms with van der Waals surface area (Å²) in [5.41, 5.74) is 10.4. The van der Waals surface area contributed by atoms with Gasteiger partial charge in [-0.25, -0.2) is 0 Å². The number of benzene rings is 3. The number of nitrogens with zero attached hydrogens (tertiary/aromatic N) is 2. The van der Waals surface area contributed by atoms with Crippen LogP contribution in [-0.2, 0) is 25.7 Å². The first-order chi connectivity index (χ1) is 22.9. The van der Waals surface area contributed by atoms with E-state index in [-0.39, 0.29) is 30.6 Å². The lowest BCUT2D eigenvalue weighted by atomic mass is 10.0. The molecule has 12 heteroatoms. The van der Waals surface area contributed by atoms with E-state index in [0.717, 1.165) is 51.7 Å². The molecule has 0 radical (unpaired) electrons. The number of ether oxygens (including phenoxy) is 2. The second kappa shape index (κ2) is 17.4. The largest absolute Gasteiger partial charge is 0.397 e. The molecule has 2 amide bonds. The lowest BCUT2D eigenvalue weighted by Crippen LogP contribution is -2.31. The fourth-order valence-corrected chi connectivity index (χ4v) is 7.12. The van der Waals surface area contributed by atoms with Crippen molar-refractivity contribution in [2.24, 2.45) is 0 Å². The van der Waals surface area contributed by atoms with Gasteiger partial charge in [0.2, 0.25) is 11.8 Å². The van der Waals surface area contributed by atoms with E-state index in [0.29, 0.717) is 42.1 Å². The van der Waals surface area contributed by atoms with Gasteiger partial charge < -0.3 is 30.9 Å². The van der Waals surface area contributed by atoms with Crippen LogP contribution in [0.5, 0.6) is 0 Å². The number of amides is 2. The third-order valence-corrected chi connectivity index (χ3v) is 9.85. The maximum atomic E-state index is 12.8. The minimum atomic E-state index is -0.625. The van der Waals surface area contributed by atoms with Crippen molar-refractivity contribution >= 4 is 52.0 Å². The van der Waals surface area contributed by atoms with Crippen molar-refractivity contribution in [3.8, 4) is 0 Å². The predicted octanol–water partition coefficient (Wildman–Crippen LogP) is 7.18. The summed E-state index contributed by atoms with van der Waals surface area (Å²) in [6.07, 6.45) is 3.73. The number of carbonyl (C=O) groups is 2. The van der Waals surface area contributed by atoms with Crippen LogP contribution in [0.3, 0.4) is 0 Å². The van der Waals surface area contributed by atoms with Crippen LogP contribution in [0.15, 0.2) is 77.1 Å². The zero-order valence-corrected chi connectivity index (χ0v) is 28.0. The van der Waals surface area contributed by atoms with Crippen LogP contribution in [-0.4, -0.2) is 39.0 Å². The minimum Gasteiger partial charge on any atom is -0.397 e. The number of aromatic nitrogens is 2. The molecule has 5 N–H and O–H groups in total. The Labute approximate surface area is 283 Å². The van der Waals surface area contributed by atoms with E-state index < -0.39 is 6.29 Å². The number of nitrogen functional groups attached to an aromatic ring is 1. The zero-order valence-electron chi connectivity index (χ0n) is 26.4. The van der Waals surface area contributed by atoms with Gasteiger partial charge in [0, 0.05) is 36.3 Å². The molecule has 0 spiro atoms. The summed E-state index contributed by atoms with van der Waals surface area (Å²) in [6.45, 7) is 1.93. The number of nitrogens with one attached hydrogen (secondary N) is 2. The fourth-order valence-electron chi connectivity index (χ4n) is 5.26. The Morgan fingerprint density at radius 1 is 0.915 bits per heavy atom. The number of anilines is 3. The first-order valence-electron chi connectivity index (χ1n) is 15.8. The second-order valence-electron chi connectivity index (χ2n) is 11.5. The molecule has 1 fully saturated rings. The average molecular weight is 676 g/mol. The molecule has 1 aromatic heterocycles. The van der Waals surface area contributed by atoms with Gasteiger partial charge in [-0.05, 0) is 55.2 Å². The van der Waals surface area contributed by atoms with Crippen LogP contribution in [0.2, 0.25) is 0 Å². The van der Waals surface area contributed by atoms with Gasteiger partial charge in [0.15, 0.2) is 10.6 Å². The number of aliphatic hydroxyl groups excluding tert-OH is 1. The Hall–Kier alpha value is -3.81.